The van der Waals surface area contributed by atoms with Crippen LogP contribution in [0.25, 0.3) is 23.0 Å². The minimum atomic E-state index is -0.539. The quantitative estimate of drug-likeness (QED) is 0.739. The van der Waals surface area contributed by atoms with Crippen molar-refractivity contribution < 1.29 is 14.2 Å². The first-order valence-corrected chi connectivity index (χ1v) is 8.32. The van der Waals surface area contributed by atoms with Crippen LogP contribution in [0.2, 0.25) is 0 Å². The largest absolute Gasteiger partial charge is 0.389 e. The summed E-state index contributed by atoms with van der Waals surface area (Å²) < 4.78 is 10.9. The molecule has 6 nitrogen and oxygen atoms in total. The molecule has 1 aliphatic carbocycles. The van der Waals surface area contributed by atoms with Gasteiger partial charge in [-0.05, 0) is 37.8 Å². The Morgan fingerprint density at radius 2 is 1.96 bits per heavy atom. The van der Waals surface area contributed by atoms with E-state index in [1.165, 1.54) is 6.42 Å². The van der Waals surface area contributed by atoms with E-state index in [9.17, 15) is 5.11 Å². The lowest BCUT2D eigenvalue weighted by Crippen LogP contribution is -1.92. The van der Waals surface area contributed by atoms with Crippen molar-refractivity contribution in [2.75, 3.05) is 0 Å². The van der Waals surface area contributed by atoms with Crippen molar-refractivity contribution in [3.05, 3.63) is 41.2 Å². The SMILES string of the molecule is C[C@H](O)c1cccc(-c2noc(-c3noc4c3CCCCC4)n2)c1. The number of benzene rings is 1. The third kappa shape index (κ3) is 2.73. The Labute approximate surface area is 139 Å². The van der Waals surface area contributed by atoms with Crippen LogP contribution >= 0.6 is 0 Å². The van der Waals surface area contributed by atoms with E-state index in [0.717, 1.165) is 48.1 Å². The number of fused-ring (bicyclic) bond motifs is 1. The number of hydrogen-bond acceptors (Lipinski definition) is 6. The van der Waals surface area contributed by atoms with Gasteiger partial charge in [0.2, 0.25) is 5.82 Å². The molecule has 1 atom stereocenters. The second-order valence-corrected chi connectivity index (χ2v) is 6.22. The maximum Gasteiger partial charge on any atom is 0.280 e. The summed E-state index contributed by atoms with van der Waals surface area (Å²) in [5, 5.41) is 17.9. The number of aliphatic hydroxyl groups is 1. The topological polar surface area (TPSA) is 85.2 Å². The summed E-state index contributed by atoms with van der Waals surface area (Å²) >= 11 is 0. The summed E-state index contributed by atoms with van der Waals surface area (Å²) in [6.07, 6.45) is 4.76. The molecule has 2 aromatic heterocycles. The zero-order valence-corrected chi connectivity index (χ0v) is 13.5. The molecule has 2 heterocycles. The fourth-order valence-corrected chi connectivity index (χ4v) is 3.10. The standard InChI is InChI=1S/C18H19N3O3/c1-11(22)12-6-5-7-13(10-12)17-19-18(24-21-17)16-14-8-3-2-4-9-15(14)23-20-16/h5-7,10-11,22H,2-4,8-9H2,1H3/t11-/m0/s1. The second kappa shape index (κ2) is 6.20. The van der Waals surface area contributed by atoms with Crippen LogP contribution in [0.1, 0.15) is 49.2 Å². The Kier molecular flexibility index (Phi) is 3.90. The Morgan fingerprint density at radius 3 is 2.83 bits per heavy atom. The van der Waals surface area contributed by atoms with Gasteiger partial charge in [-0.1, -0.05) is 34.9 Å². The summed E-state index contributed by atoms with van der Waals surface area (Å²) in [7, 11) is 0. The molecular formula is C18H19N3O3. The molecule has 0 saturated heterocycles. The fourth-order valence-electron chi connectivity index (χ4n) is 3.10. The van der Waals surface area contributed by atoms with Crippen molar-refractivity contribution in [3.63, 3.8) is 0 Å². The van der Waals surface area contributed by atoms with Crippen LogP contribution in [-0.2, 0) is 12.8 Å². The van der Waals surface area contributed by atoms with Crippen molar-refractivity contribution in [1.82, 2.24) is 15.3 Å². The number of aromatic nitrogens is 3. The molecule has 0 spiro atoms. The number of aryl methyl sites for hydroxylation is 1. The highest BCUT2D eigenvalue weighted by Gasteiger charge is 2.23. The van der Waals surface area contributed by atoms with Crippen LogP contribution in [0.4, 0.5) is 0 Å². The van der Waals surface area contributed by atoms with Crippen molar-refractivity contribution in [2.24, 2.45) is 0 Å². The average molecular weight is 325 g/mol. The minimum Gasteiger partial charge on any atom is -0.389 e. The summed E-state index contributed by atoms with van der Waals surface area (Å²) in [6, 6.07) is 7.49. The molecule has 1 aliphatic rings. The van der Waals surface area contributed by atoms with Gasteiger partial charge < -0.3 is 14.2 Å². The number of nitrogens with zero attached hydrogens (tertiary/aromatic N) is 3. The van der Waals surface area contributed by atoms with E-state index in [1.807, 2.05) is 24.3 Å². The first kappa shape index (κ1) is 15.1. The van der Waals surface area contributed by atoms with Gasteiger partial charge in [0.05, 0.1) is 6.10 Å². The molecule has 124 valence electrons. The predicted molar refractivity (Wildman–Crippen MR) is 87.1 cm³/mol. The highest BCUT2D eigenvalue weighted by atomic mass is 16.5. The molecule has 0 saturated carbocycles. The van der Waals surface area contributed by atoms with Crippen molar-refractivity contribution >= 4 is 0 Å². The summed E-state index contributed by atoms with van der Waals surface area (Å²) in [4.78, 5) is 4.48. The zero-order chi connectivity index (χ0) is 16.5. The molecule has 0 unspecified atom stereocenters. The monoisotopic (exact) mass is 325 g/mol. The molecule has 0 aliphatic heterocycles. The zero-order valence-electron chi connectivity index (χ0n) is 13.5. The Morgan fingerprint density at radius 1 is 1.08 bits per heavy atom. The van der Waals surface area contributed by atoms with E-state index < -0.39 is 6.10 Å². The van der Waals surface area contributed by atoms with Crippen LogP contribution in [0.3, 0.4) is 0 Å². The Bertz CT molecular complexity index is 851. The summed E-state index contributed by atoms with van der Waals surface area (Å²) in [6.45, 7) is 1.73. The maximum absolute atomic E-state index is 9.72. The number of hydrogen-bond donors (Lipinski definition) is 1. The average Bonchev–Trinajstić information content (AvgIpc) is 3.16. The molecule has 1 aromatic carbocycles. The minimum absolute atomic E-state index is 0.388. The van der Waals surface area contributed by atoms with Crippen LogP contribution in [-0.4, -0.2) is 20.4 Å². The van der Waals surface area contributed by atoms with Crippen molar-refractivity contribution in [1.29, 1.82) is 0 Å². The van der Waals surface area contributed by atoms with Gasteiger partial charge in [0.25, 0.3) is 5.89 Å². The molecule has 24 heavy (non-hydrogen) atoms. The van der Waals surface area contributed by atoms with Crippen LogP contribution in [0.5, 0.6) is 0 Å². The highest BCUT2D eigenvalue weighted by Crippen LogP contribution is 2.31. The molecule has 0 bridgehead atoms. The number of rotatable bonds is 3. The number of aliphatic hydroxyl groups excluding tert-OH is 1. The third-order valence-electron chi connectivity index (χ3n) is 4.46. The molecule has 0 fully saturated rings. The highest BCUT2D eigenvalue weighted by molar-refractivity contribution is 5.60. The third-order valence-corrected chi connectivity index (χ3v) is 4.46. The van der Waals surface area contributed by atoms with Gasteiger partial charge in [0.15, 0.2) is 5.69 Å². The molecule has 0 radical (unpaired) electrons. The smallest absolute Gasteiger partial charge is 0.280 e. The fraction of sp³-hybridized carbons (Fsp3) is 0.389. The van der Waals surface area contributed by atoms with Crippen LogP contribution in [0, 0.1) is 0 Å². The summed E-state index contributed by atoms with van der Waals surface area (Å²) in [5.41, 5.74) is 3.38. The first-order chi connectivity index (χ1) is 11.7. The molecule has 1 N–H and O–H groups in total. The Balaban J connectivity index is 1.69. The lowest BCUT2D eigenvalue weighted by molar-refractivity contribution is 0.199. The van der Waals surface area contributed by atoms with Gasteiger partial charge in [0, 0.05) is 17.5 Å². The molecule has 4 rings (SSSR count). The van der Waals surface area contributed by atoms with E-state index in [2.05, 4.69) is 15.3 Å². The summed E-state index contributed by atoms with van der Waals surface area (Å²) in [5.74, 6) is 1.82. The van der Waals surface area contributed by atoms with Gasteiger partial charge in [-0.25, -0.2) is 0 Å². The first-order valence-electron chi connectivity index (χ1n) is 8.32. The molecule has 3 aromatic rings. The van der Waals surface area contributed by atoms with E-state index >= 15 is 0 Å². The van der Waals surface area contributed by atoms with Gasteiger partial charge in [-0.3, -0.25) is 0 Å². The lowest BCUT2D eigenvalue weighted by atomic mass is 10.1. The molecule has 0 amide bonds. The normalized spacial score (nSPS) is 15.8. The van der Waals surface area contributed by atoms with Gasteiger partial charge in [-0.15, -0.1) is 0 Å². The van der Waals surface area contributed by atoms with E-state index in [1.54, 1.807) is 6.92 Å². The van der Waals surface area contributed by atoms with Crippen LogP contribution < -0.4 is 0 Å². The molecule has 6 heteroatoms. The lowest BCUT2D eigenvalue weighted by Gasteiger charge is -2.04. The van der Waals surface area contributed by atoms with E-state index in [-0.39, 0.29) is 0 Å². The van der Waals surface area contributed by atoms with E-state index in [0.29, 0.717) is 17.4 Å². The van der Waals surface area contributed by atoms with Crippen molar-refractivity contribution in [2.45, 2.75) is 45.1 Å². The van der Waals surface area contributed by atoms with Crippen molar-refractivity contribution in [3.8, 4) is 23.0 Å². The van der Waals surface area contributed by atoms with Crippen LogP contribution in [0.15, 0.2) is 33.3 Å². The molecular weight excluding hydrogens is 306 g/mol. The van der Waals surface area contributed by atoms with E-state index in [4.69, 9.17) is 9.05 Å². The van der Waals surface area contributed by atoms with Gasteiger partial charge in [0.1, 0.15) is 5.76 Å². The Hall–Kier alpha value is -2.47. The van der Waals surface area contributed by atoms with Gasteiger partial charge >= 0.3 is 0 Å². The second-order valence-electron chi connectivity index (χ2n) is 6.22. The maximum atomic E-state index is 9.72. The van der Waals surface area contributed by atoms with Gasteiger partial charge in [-0.2, -0.15) is 4.98 Å². The predicted octanol–water partition coefficient (Wildman–Crippen LogP) is 3.71.